The number of Topliss-reactive ketones (excluding diaryl/α,β-unsaturated/α-hetero) is 1. The molecule has 0 spiro atoms. The average molecular weight is 112 g/mol. The molecule has 0 bridgehead atoms. The first kappa shape index (κ1) is 5.35. The van der Waals surface area contributed by atoms with Crippen LogP contribution in [0, 0.1) is 0 Å². The van der Waals surface area contributed by atoms with Crippen molar-refractivity contribution in [1.29, 1.82) is 0 Å². The zero-order valence-corrected chi connectivity index (χ0v) is 4.81. The van der Waals surface area contributed by atoms with Crippen LogP contribution in [0.2, 0.25) is 0 Å². The minimum Gasteiger partial charge on any atom is -0.490 e. The van der Waals surface area contributed by atoms with Crippen LogP contribution in [0.4, 0.5) is 0 Å². The third-order valence-corrected chi connectivity index (χ3v) is 1.05. The van der Waals surface area contributed by atoms with Crippen molar-refractivity contribution in [3.05, 3.63) is 11.8 Å². The Kier molecular flexibility index (Phi) is 1.33. The third kappa shape index (κ3) is 0.886. The van der Waals surface area contributed by atoms with Crippen molar-refractivity contribution in [3.8, 4) is 0 Å². The molecule has 1 aliphatic heterocycles. The van der Waals surface area contributed by atoms with Crippen LogP contribution < -0.4 is 0 Å². The van der Waals surface area contributed by atoms with Crippen molar-refractivity contribution in [2.24, 2.45) is 0 Å². The summed E-state index contributed by atoms with van der Waals surface area (Å²) in [5.74, 6) is 0.563. The summed E-state index contributed by atoms with van der Waals surface area (Å²) in [6.45, 7) is 2.19. The van der Waals surface area contributed by atoms with Gasteiger partial charge in [0, 0.05) is 13.3 Å². The Labute approximate surface area is 48.1 Å². The maximum absolute atomic E-state index is 10.5. The van der Waals surface area contributed by atoms with E-state index < -0.39 is 0 Å². The van der Waals surface area contributed by atoms with Crippen LogP contribution in [0.15, 0.2) is 11.8 Å². The number of carbonyl (C=O) groups is 1. The van der Waals surface area contributed by atoms with Gasteiger partial charge in [0.2, 0.25) is 0 Å². The molecule has 0 aromatic rings. The predicted octanol–water partition coefficient (Wildman–Crippen LogP) is 0.880. The summed E-state index contributed by atoms with van der Waals surface area (Å²) < 4.78 is 4.93. The van der Waals surface area contributed by atoms with E-state index in [1.165, 1.54) is 6.92 Å². The van der Waals surface area contributed by atoms with Crippen LogP contribution in [0.1, 0.15) is 13.3 Å². The van der Waals surface area contributed by atoms with E-state index in [1.807, 2.05) is 6.08 Å². The fraction of sp³-hybridized carbons (Fsp3) is 0.500. The maximum atomic E-state index is 10.5. The Bertz CT molecular complexity index is 135. The second-order valence-corrected chi connectivity index (χ2v) is 1.76. The third-order valence-electron chi connectivity index (χ3n) is 1.05. The van der Waals surface area contributed by atoms with Gasteiger partial charge in [0.05, 0.1) is 6.61 Å². The quantitative estimate of drug-likeness (QED) is 0.503. The standard InChI is InChI=1S/C6H8O2/c1-5(7)6-3-2-4-8-6/h3H,2,4H2,1H3. The van der Waals surface area contributed by atoms with Gasteiger partial charge in [-0.15, -0.1) is 0 Å². The number of ketones is 1. The van der Waals surface area contributed by atoms with Gasteiger partial charge >= 0.3 is 0 Å². The highest BCUT2D eigenvalue weighted by Gasteiger charge is 2.08. The van der Waals surface area contributed by atoms with E-state index in [-0.39, 0.29) is 5.78 Å². The molecule has 0 saturated heterocycles. The van der Waals surface area contributed by atoms with Gasteiger partial charge in [-0.3, -0.25) is 4.79 Å². The topological polar surface area (TPSA) is 26.3 Å². The highest BCUT2D eigenvalue weighted by atomic mass is 16.5. The first-order chi connectivity index (χ1) is 3.80. The predicted molar refractivity (Wildman–Crippen MR) is 29.3 cm³/mol. The van der Waals surface area contributed by atoms with Crippen molar-refractivity contribution < 1.29 is 9.53 Å². The summed E-state index contributed by atoms with van der Waals surface area (Å²) in [6.07, 6.45) is 2.71. The summed E-state index contributed by atoms with van der Waals surface area (Å²) in [7, 11) is 0. The molecule has 1 rings (SSSR count). The van der Waals surface area contributed by atoms with E-state index in [4.69, 9.17) is 4.74 Å². The Morgan fingerprint density at radius 1 is 1.88 bits per heavy atom. The molecule has 0 N–H and O–H groups in total. The summed E-state index contributed by atoms with van der Waals surface area (Å²) in [4.78, 5) is 10.5. The molecule has 1 aliphatic rings. The normalized spacial score (nSPS) is 17.4. The largest absolute Gasteiger partial charge is 0.490 e. The van der Waals surface area contributed by atoms with Crippen LogP contribution in [0.5, 0.6) is 0 Å². The summed E-state index contributed by atoms with van der Waals surface area (Å²) in [5.41, 5.74) is 0. The highest BCUT2D eigenvalue weighted by Crippen LogP contribution is 2.08. The molecule has 0 amide bonds. The summed E-state index contributed by atoms with van der Waals surface area (Å²) in [6, 6.07) is 0. The van der Waals surface area contributed by atoms with Gasteiger partial charge < -0.3 is 4.74 Å². The Morgan fingerprint density at radius 2 is 2.62 bits per heavy atom. The molecular formula is C6H8O2. The van der Waals surface area contributed by atoms with Crippen LogP contribution in [-0.4, -0.2) is 12.4 Å². The van der Waals surface area contributed by atoms with Gasteiger partial charge in [-0.05, 0) is 6.08 Å². The first-order valence-electron chi connectivity index (χ1n) is 2.64. The molecule has 0 radical (unpaired) electrons. The lowest BCUT2D eigenvalue weighted by molar-refractivity contribution is -0.116. The van der Waals surface area contributed by atoms with Crippen molar-refractivity contribution in [1.82, 2.24) is 0 Å². The zero-order valence-electron chi connectivity index (χ0n) is 4.81. The van der Waals surface area contributed by atoms with Gasteiger partial charge in [-0.2, -0.15) is 0 Å². The number of hydrogen-bond acceptors (Lipinski definition) is 2. The molecule has 2 nitrogen and oxygen atoms in total. The number of rotatable bonds is 1. The molecule has 8 heavy (non-hydrogen) atoms. The van der Waals surface area contributed by atoms with E-state index in [0.29, 0.717) is 12.4 Å². The van der Waals surface area contributed by atoms with Crippen LogP contribution >= 0.6 is 0 Å². The molecule has 0 aromatic carbocycles. The second kappa shape index (κ2) is 1.99. The smallest absolute Gasteiger partial charge is 0.193 e. The Morgan fingerprint density at radius 3 is 2.88 bits per heavy atom. The zero-order chi connectivity index (χ0) is 5.98. The van der Waals surface area contributed by atoms with E-state index in [2.05, 4.69) is 0 Å². The van der Waals surface area contributed by atoms with Gasteiger partial charge in [0.15, 0.2) is 11.5 Å². The molecule has 0 atom stereocenters. The molecule has 44 valence electrons. The average Bonchev–Trinajstić information content (AvgIpc) is 2.12. The molecule has 1 heterocycles. The fourth-order valence-electron chi connectivity index (χ4n) is 0.663. The minimum absolute atomic E-state index is 0.0301. The number of ether oxygens (including phenoxy) is 1. The highest BCUT2D eigenvalue weighted by molar-refractivity contribution is 5.91. The van der Waals surface area contributed by atoms with Gasteiger partial charge in [0.1, 0.15) is 0 Å². The molecule has 0 aliphatic carbocycles. The lowest BCUT2D eigenvalue weighted by atomic mass is 10.3. The van der Waals surface area contributed by atoms with Gasteiger partial charge in [-0.25, -0.2) is 0 Å². The Balaban J connectivity index is 2.57. The van der Waals surface area contributed by atoms with E-state index >= 15 is 0 Å². The first-order valence-corrected chi connectivity index (χ1v) is 2.64. The van der Waals surface area contributed by atoms with Crippen molar-refractivity contribution >= 4 is 5.78 Å². The van der Waals surface area contributed by atoms with Crippen molar-refractivity contribution in [2.45, 2.75) is 13.3 Å². The van der Waals surface area contributed by atoms with Crippen molar-refractivity contribution in [3.63, 3.8) is 0 Å². The van der Waals surface area contributed by atoms with Gasteiger partial charge in [-0.1, -0.05) is 0 Å². The Hall–Kier alpha value is -0.790. The molecule has 0 unspecified atom stereocenters. The summed E-state index contributed by atoms with van der Waals surface area (Å²) in [5, 5.41) is 0. The molecule has 0 saturated carbocycles. The molecule has 0 fully saturated rings. The lowest BCUT2D eigenvalue weighted by Gasteiger charge is -1.94. The van der Waals surface area contributed by atoms with E-state index in [1.54, 1.807) is 0 Å². The SMILES string of the molecule is CC(=O)C1=CCCO1. The lowest BCUT2D eigenvalue weighted by Crippen LogP contribution is -1.95. The van der Waals surface area contributed by atoms with E-state index in [9.17, 15) is 4.79 Å². The van der Waals surface area contributed by atoms with Crippen LogP contribution in [-0.2, 0) is 9.53 Å². The number of carbonyl (C=O) groups excluding carboxylic acids is 1. The minimum atomic E-state index is 0.0301. The molecule has 0 aromatic heterocycles. The fourth-order valence-corrected chi connectivity index (χ4v) is 0.663. The van der Waals surface area contributed by atoms with Crippen LogP contribution in [0.25, 0.3) is 0 Å². The second-order valence-electron chi connectivity index (χ2n) is 1.76. The summed E-state index contributed by atoms with van der Waals surface area (Å²) >= 11 is 0. The number of allylic oxidation sites excluding steroid dienone is 1. The molecular weight excluding hydrogens is 104 g/mol. The monoisotopic (exact) mass is 112 g/mol. The van der Waals surface area contributed by atoms with Crippen molar-refractivity contribution in [2.75, 3.05) is 6.61 Å². The molecule has 2 heteroatoms. The maximum Gasteiger partial charge on any atom is 0.193 e. The van der Waals surface area contributed by atoms with E-state index in [0.717, 1.165) is 6.42 Å². The number of hydrogen-bond donors (Lipinski definition) is 0. The van der Waals surface area contributed by atoms with Crippen LogP contribution in [0.3, 0.4) is 0 Å². The van der Waals surface area contributed by atoms with Gasteiger partial charge in [0.25, 0.3) is 0 Å².